The summed E-state index contributed by atoms with van der Waals surface area (Å²) in [5, 5.41) is 3.72. The van der Waals surface area contributed by atoms with Crippen LogP contribution in [0.2, 0.25) is 0 Å². The number of nitrogens with one attached hydrogen (secondary N) is 1. The van der Waals surface area contributed by atoms with Crippen molar-refractivity contribution in [3.05, 3.63) is 18.2 Å². The van der Waals surface area contributed by atoms with E-state index in [4.69, 9.17) is 0 Å². The van der Waals surface area contributed by atoms with Crippen LogP contribution in [0.4, 0.5) is 0 Å². The van der Waals surface area contributed by atoms with Crippen LogP contribution < -0.4 is 5.32 Å². The Kier molecular flexibility index (Phi) is 5.90. The lowest BCUT2D eigenvalue weighted by atomic mass is 9.93. The maximum Gasteiger partial charge on any atom is 0.108 e. The minimum Gasteiger partial charge on any atom is -0.338 e. The molecule has 108 valence electrons. The second-order valence-electron chi connectivity index (χ2n) is 6.03. The summed E-state index contributed by atoms with van der Waals surface area (Å²) in [5.41, 5.74) is 0. The molecule has 1 heterocycles. The van der Waals surface area contributed by atoms with E-state index in [0.29, 0.717) is 0 Å². The predicted octanol–water partition coefficient (Wildman–Crippen LogP) is 3.30. The molecule has 1 aromatic rings. The van der Waals surface area contributed by atoms with Crippen molar-refractivity contribution in [1.29, 1.82) is 0 Å². The minimum absolute atomic E-state index is 0.758. The molecule has 0 spiro atoms. The number of hydrogen-bond acceptors (Lipinski definition) is 2. The molecule has 19 heavy (non-hydrogen) atoms. The fourth-order valence-electron chi connectivity index (χ4n) is 3.23. The van der Waals surface area contributed by atoms with Crippen molar-refractivity contribution >= 4 is 0 Å². The second-order valence-corrected chi connectivity index (χ2v) is 6.03. The fourth-order valence-corrected chi connectivity index (χ4v) is 3.23. The first-order valence-electron chi connectivity index (χ1n) is 7.99. The second kappa shape index (κ2) is 7.68. The lowest BCUT2D eigenvalue weighted by Crippen LogP contribution is -2.30. The molecule has 0 saturated heterocycles. The summed E-state index contributed by atoms with van der Waals surface area (Å²) in [6.07, 6.45) is 14.6. The molecule has 3 heteroatoms. The van der Waals surface area contributed by atoms with Gasteiger partial charge in [0, 0.05) is 31.9 Å². The average Bonchev–Trinajstić information content (AvgIpc) is 2.69. The maximum absolute atomic E-state index is 4.44. The highest BCUT2D eigenvalue weighted by Gasteiger charge is 2.19. The first kappa shape index (κ1) is 14.6. The third-order valence-electron chi connectivity index (χ3n) is 4.41. The quantitative estimate of drug-likeness (QED) is 0.798. The Morgan fingerprint density at radius 1 is 1.37 bits per heavy atom. The maximum atomic E-state index is 4.44. The molecule has 2 atom stereocenters. The third-order valence-corrected chi connectivity index (χ3v) is 4.41. The van der Waals surface area contributed by atoms with E-state index in [0.717, 1.165) is 18.4 Å². The van der Waals surface area contributed by atoms with Crippen molar-refractivity contribution in [1.82, 2.24) is 14.9 Å². The van der Waals surface area contributed by atoms with Gasteiger partial charge in [0.1, 0.15) is 5.82 Å². The molecule has 2 unspecified atom stereocenters. The molecule has 0 aromatic carbocycles. The first-order valence-corrected chi connectivity index (χ1v) is 7.99. The van der Waals surface area contributed by atoms with Gasteiger partial charge in [-0.2, -0.15) is 0 Å². The zero-order valence-corrected chi connectivity index (χ0v) is 12.6. The van der Waals surface area contributed by atoms with Crippen LogP contribution in [-0.4, -0.2) is 22.1 Å². The van der Waals surface area contributed by atoms with Crippen LogP contribution >= 0.6 is 0 Å². The molecule has 1 aliphatic carbocycles. The van der Waals surface area contributed by atoms with Crippen LogP contribution in [0.1, 0.15) is 57.7 Å². The molecule has 1 aromatic heterocycles. The number of nitrogens with zero attached hydrogens (tertiary/aromatic N) is 2. The van der Waals surface area contributed by atoms with Gasteiger partial charge < -0.3 is 9.88 Å². The van der Waals surface area contributed by atoms with E-state index in [1.807, 2.05) is 12.4 Å². The molecule has 1 saturated carbocycles. The van der Waals surface area contributed by atoms with E-state index in [2.05, 4.69) is 28.8 Å². The molecule has 1 aliphatic rings. The van der Waals surface area contributed by atoms with Crippen molar-refractivity contribution in [3.8, 4) is 0 Å². The number of imidazole rings is 1. The van der Waals surface area contributed by atoms with Gasteiger partial charge in [0.25, 0.3) is 0 Å². The predicted molar refractivity (Wildman–Crippen MR) is 80.2 cm³/mol. The topological polar surface area (TPSA) is 29.9 Å². The fraction of sp³-hybridized carbons (Fsp3) is 0.812. The summed E-state index contributed by atoms with van der Waals surface area (Å²) < 4.78 is 2.16. The van der Waals surface area contributed by atoms with E-state index in [1.54, 1.807) is 0 Å². The third kappa shape index (κ3) is 4.64. The average molecular weight is 263 g/mol. The largest absolute Gasteiger partial charge is 0.338 e. The molecular weight excluding hydrogens is 234 g/mol. The van der Waals surface area contributed by atoms with Gasteiger partial charge in [-0.25, -0.2) is 4.98 Å². The summed E-state index contributed by atoms with van der Waals surface area (Å²) in [5.74, 6) is 2.12. The van der Waals surface area contributed by atoms with E-state index in [9.17, 15) is 0 Å². The molecule has 1 fully saturated rings. The van der Waals surface area contributed by atoms with Crippen LogP contribution in [-0.2, 0) is 13.5 Å². The van der Waals surface area contributed by atoms with Crippen LogP contribution in [0.15, 0.2) is 12.4 Å². The van der Waals surface area contributed by atoms with Crippen LogP contribution in [0.5, 0.6) is 0 Å². The molecule has 3 nitrogen and oxygen atoms in total. The molecule has 1 N–H and O–H groups in total. The molecular formula is C16H29N3. The highest BCUT2D eigenvalue weighted by Crippen LogP contribution is 2.27. The van der Waals surface area contributed by atoms with Crippen molar-refractivity contribution in [3.63, 3.8) is 0 Å². The standard InChI is InChI=1S/C16H29N3/c1-3-10-17-15-7-5-4-6-14(13-15)8-9-16-18-11-12-19(16)2/h11-12,14-15,17H,3-10,13H2,1-2H3. The summed E-state index contributed by atoms with van der Waals surface area (Å²) in [6.45, 7) is 3.43. The van der Waals surface area contributed by atoms with Crippen molar-refractivity contribution in [2.24, 2.45) is 13.0 Å². The monoisotopic (exact) mass is 263 g/mol. The van der Waals surface area contributed by atoms with E-state index in [-0.39, 0.29) is 0 Å². The molecule has 0 amide bonds. The number of aryl methyl sites for hydroxylation is 2. The summed E-state index contributed by atoms with van der Waals surface area (Å²) in [7, 11) is 2.10. The highest BCUT2D eigenvalue weighted by atomic mass is 15.0. The van der Waals surface area contributed by atoms with Gasteiger partial charge in [-0.15, -0.1) is 0 Å². The Morgan fingerprint density at radius 3 is 2.95 bits per heavy atom. The van der Waals surface area contributed by atoms with Crippen LogP contribution in [0.25, 0.3) is 0 Å². The van der Waals surface area contributed by atoms with Gasteiger partial charge in [-0.3, -0.25) is 0 Å². The van der Waals surface area contributed by atoms with Gasteiger partial charge in [0.05, 0.1) is 0 Å². The lowest BCUT2D eigenvalue weighted by molar-refractivity contribution is 0.366. The van der Waals surface area contributed by atoms with Crippen molar-refractivity contribution in [2.45, 2.75) is 64.3 Å². The van der Waals surface area contributed by atoms with Gasteiger partial charge >= 0.3 is 0 Å². The SMILES string of the molecule is CCCNC1CCCCC(CCc2nccn2C)C1. The Morgan fingerprint density at radius 2 is 2.21 bits per heavy atom. The van der Waals surface area contributed by atoms with Crippen LogP contribution in [0.3, 0.4) is 0 Å². The van der Waals surface area contributed by atoms with Gasteiger partial charge in [0.2, 0.25) is 0 Å². The summed E-state index contributed by atoms with van der Waals surface area (Å²) in [4.78, 5) is 4.44. The number of hydrogen-bond donors (Lipinski definition) is 1. The molecule has 2 rings (SSSR count). The van der Waals surface area contributed by atoms with Crippen LogP contribution in [0, 0.1) is 5.92 Å². The van der Waals surface area contributed by atoms with Gasteiger partial charge in [-0.1, -0.05) is 26.2 Å². The minimum atomic E-state index is 0.758. The Balaban J connectivity index is 1.79. The van der Waals surface area contributed by atoms with Gasteiger partial charge in [-0.05, 0) is 38.1 Å². The summed E-state index contributed by atoms with van der Waals surface area (Å²) in [6, 6.07) is 0.758. The summed E-state index contributed by atoms with van der Waals surface area (Å²) >= 11 is 0. The van der Waals surface area contributed by atoms with Gasteiger partial charge in [0.15, 0.2) is 0 Å². The Hall–Kier alpha value is -0.830. The zero-order valence-electron chi connectivity index (χ0n) is 12.6. The highest BCUT2D eigenvalue weighted by molar-refractivity contribution is 4.92. The Labute approximate surface area is 117 Å². The smallest absolute Gasteiger partial charge is 0.108 e. The zero-order chi connectivity index (χ0) is 13.5. The molecule has 0 bridgehead atoms. The normalized spacial score (nSPS) is 24.3. The Bertz CT molecular complexity index is 359. The number of rotatable bonds is 6. The first-order chi connectivity index (χ1) is 9.29. The molecule has 0 aliphatic heterocycles. The van der Waals surface area contributed by atoms with E-state index in [1.165, 1.54) is 57.3 Å². The van der Waals surface area contributed by atoms with E-state index < -0.39 is 0 Å². The lowest BCUT2D eigenvalue weighted by Gasteiger charge is -2.21. The number of aromatic nitrogens is 2. The molecule has 0 radical (unpaired) electrons. The van der Waals surface area contributed by atoms with Crippen molar-refractivity contribution < 1.29 is 0 Å². The van der Waals surface area contributed by atoms with E-state index >= 15 is 0 Å². The van der Waals surface area contributed by atoms with Crippen molar-refractivity contribution in [2.75, 3.05) is 6.54 Å².